The Morgan fingerprint density at radius 3 is 2.00 bits per heavy atom. The Hall–Kier alpha value is 0. The van der Waals surface area contributed by atoms with E-state index in [1.54, 1.807) is 0 Å². The molecule has 0 spiro atoms. The third kappa shape index (κ3) is 3.60. The van der Waals surface area contributed by atoms with Gasteiger partial charge in [-0.2, -0.15) is 0 Å². The van der Waals surface area contributed by atoms with Crippen LogP contribution in [0.25, 0.3) is 0 Å². The highest BCUT2D eigenvalue weighted by Gasteiger charge is 2.25. The SMILES string of the molecule is CC(C)CC(C)C(C)CC1CC1. The minimum absolute atomic E-state index is 0.877. The Labute approximate surface area is 77.7 Å². The molecule has 1 rings (SSSR count). The largest absolute Gasteiger partial charge is 0.0628 e. The highest BCUT2D eigenvalue weighted by atomic mass is 14.3. The molecule has 1 fully saturated rings. The maximum absolute atomic E-state index is 2.44. The second-order valence-electron chi connectivity index (χ2n) is 5.26. The molecule has 2 unspecified atom stereocenters. The van der Waals surface area contributed by atoms with Crippen LogP contribution in [0.2, 0.25) is 0 Å². The molecule has 72 valence electrons. The van der Waals surface area contributed by atoms with Gasteiger partial charge in [0.25, 0.3) is 0 Å². The predicted molar refractivity (Wildman–Crippen MR) is 55.1 cm³/mol. The van der Waals surface area contributed by atoms with Crippen LogP contribution >= 0.6 is 0 Å². The summed E-state index contributed by atoms with van der Waals surface area (Å²) < 4.78 is 0. The molecule has 0 amide bonds. The van der Waals surface area contributed by atoms with Crippen LogP contribution in [0.3, 0.4) is 0 Å². The molecule has 0 aromatic carbocycles. The van der Waals surface area contributed by atoms with Gasteiger partial charge in [0.05, 0.1) is 0 Å². The van der Waals surface area contributed by atoms with Gasteiger partial charge >= 0.3 is 0 Å². The normalized spacial score (nSPS) is 22.8. The molecular formula is C12H24. The maximum atomic E-state index is 2.44. The molecule has 0 aromatic rings. The first-order valence-electron chi connectivity index (χ1n) is 5.59. The molecule has 0 bridgehead atoms. The Morgan fingerprint density at radius 1 is 1.00 bits per heavy atom. The molecule has 0 heteroatoms. The molecule has 1 saturated carbocycles. The van der Waals surface area contributed by atoms with E-state index in [1.165, 1.54) is 25.7 Å². The molecule has 1 aliphatic carbocycles. The van der Waals surface area contributed by atoms with Crippen molar-refractivity contribution < 1.29 is 0 Å². The van der Waals surface area contributed by atoms with Crippen molar-refractivity contribution in [2.45, 2.75) is 53.4 Å². The van der Waals surface area contributed by atoms with Crippen molar-refractivity contribution in [3.05, 3.63) is 0 Å². The maximum Gasteiger partial charge on any atom is -0.0411 e. The zero-order chi connectivity index (χ0) is 9.14. The van der Waals surface area contributed by atoms with Crippen LogP contribution in [0.5, 0.6) is 0 Å². The van der Waals surface area contributed by atoms with Crippen molar-refractivity contribution in [1.82, 2.24) is 0 Å². The Balaban J connectivity index is 2.14. The van der Waals surface area contributed by atoms with Crippen LogP contribution in [0.15, 0.2) is 0 Å². The van der Waals surface area contributed by atoms with E-state index in [2.05, 4.69) is 27.7 Å². The highest BCUT2D eigenvalue weighted by Crippen LogP contribution is 2.38. The molecule has 12 heavy (non-hydrogen) atoms. The molecule has 0 aliphatic heterocycles. The second kappa shape index (κ2) is 4.30. The second-order valence-corrected chi connectivity index (χ2v) is 5.26. The average molecular weight is 168 g/mol. The van der Waals surface area contributed by atoms with E-state index in [0.29, 0.717) is 0 Å². The van der Waals surface area contributed by atoms with E-state index in [1.807, 2.05) is 0 Å². The van der Waals surface area contributed by atoms with Crippen molar-refractivity contribution in [2.75, 3.05) is 0 Å². The van der Waals surface area contributed by atoms with Crippen LogP contribution in [0.4, 0.5) is 0 Å². The topological polar surface area (TPSA) is 0 Å². The smallest absolute Gasteiger partial charge is 0.0411 e. The van der Waals surface area contributed by atoms with Gasteiger partial charge in [0.1, 0.15) is 0 Å². The summed E-state index contributed by atoms with van der Waals surface area (Å²) in [6.45, 7) is 9.53. The van der Waals surface area contributed by atoms with E-state index in [9.17, 15) is 0 Å². The standard InChI is InChI=1S/C12H24/c1-9(2)7-10(3)11(4)8-12-5-6-12/h9-12H,5-8H2,1-4H3. The minimum Gasteiger partial charge on any atom is -0.0628 e. The lowest BCUT2D eigenvalue weighted by Gasteiger charge is -2.21. The van der Waals surface area contributed by atoms with E-state index >= 15 is 0 Å². The zero-order valence-corrected chi connectivity index (χ0v) is 9.14. The Kier molecular flexibility index (Phi) is 3.61. The first-order chi connectivity index (χ1) is 5.59. The van der Waals surface area contributed by atoms with Gasteiger partial charge < -0.3 is 0 Å². The fraction of sp³-hybridized carbons (Fsp3) is 1.00. The summed E-state index contributed by atoms with van der Waals surface area (Å²) in [4.78, 5) is 0. The first-order valence-corrected chi connectivity index (χ1v) is 5.59. The van der Waals surface area contributed by atoms with Crippen LogP contribution in [0.1, 0.15) is 53.4 Å². The van der Waals surface area contributed by atoms with Crippen molar-refractivity contribution in [1.29, 1.82) is 0 Å². The van der Waals surface area contributed by atoms with Crippen molar-refractivity contribution in [3.63, 3.8) is 0 Å². The molecule has 0 N–H and O–H groups in total. The summed E-state index contributed by atoms with van der Waals surface area (Å²) in [5, 5.41) is 0. The summed E-state index contributed by atoms with van der Waals surface area (Å²) >= 11 is 0. The summed E-state index contributed by atoms with van der Waals surface area (Å²) in [5.41, 5.74) is 0. The third-order valence-electron chi connectivity index (χ3n) is 3.22. The number of rotatable bonds is 5. The van der Waals surface area contributed by atoms with Crippen molar-refractivity contribution in [2.24, 2.45) is 23.7 Å². The molecule has 0 heterocycles. The van der Waals surface area contributed by atoms with Crippen LogP contribution < -0.4 is 0 Å². The van der Waals surface area contributed by atoms with Gasteiger partial charge in [-0.05, 0) is 36.5 Å². The Morgan fingerprint density at radius 2 is 1.58 bits per heavy atom. The van der Waals surface area contributed by atoms with Gasteiger partial charge in [-0.15, -0.1) is 0 Å². The molecular weight excluding hydrogens is 144 g/mol. The van der Waals surface area contributed by atoms with Crippen LogP contribution in [-0.4, -0.2) is 0 Å². The van der Waals surface area contributed by atoms with Gasteiger partial charge in [0, 0.05) is 0 Å². The number of hydrogen-bond acceptors (Lipinski definition) is 0. The lowest BCUT2D eigenvalue weighted by atomic mass is 9.85. The number of hydrogen-bond donors (Lipinski definition) is 0. The lowest BCUT2D eigenvalue weighted by molar-refractivity contribution is 0.298. The first kappa shape index (κ1) is 10.1. The van der Waals surface area contributed by atoms with E-state index in [-0.39, 0.29) is 0 Å². The molecule has 0 saturated heterocycles. The van der Waals surface area contributed by atoms with Gasteiger partial charge in [0.2, 0.25) is 0 Å². The molecule has 0 radical (unpaired) electrons. The molecule has 2 atom stereocenters. The summed E-state index contributed by atoms with van der Waals surface area (Å²) in [5.74, 6) is 3.88. The predicted octanol–water partition coefficient (Wildman–Crippen LogP) is 4.10. The monoisotopic (exact) mass is 168 g/mol. The van der Waals surface area contributed by atoms with Gasteiger partial charge in [-0.3, -0.25) is 0 Å². The summed E-state index contributed by atoms with van der Waals surface area (Å²) in [6.07, 6.45) is 5.93. The zero-order valence-electron chi connectivity index (χ0n) is 9.14. The highest BCUT2D eigenvalue weighted by molar-refractivity contribution is 4.77. The van der Waals surface area contributed by atoms with Gasteiger partial charge in [-0.25, -0.2) is 0 Å². The van der Waals surface area contributed by atoms with Crippen molar-refractivity contribution >= 4 is 0 Å². The van der Waals surface area contributed by atoms with Crippen LogP contribution in [0, 0.1) is 23.7 Å². The summed E-state index contributed by atoms with van der Waals surface area (Å²) in [6, 6.07) is 0. The van der Waals surface area contributed by atoms with E-state index < -0.39 is 0 Å². The Bertz CT molecular complexity index is 114. The minimum atomic E-state index is 0.877. The molecule has 0 nitrogen and oxygen atoms in total. The van der Waals surface area contributed by atoms with Gasteiger partial charge in [-0.1, -0.05) is 40.5 Å². The third-order valence-corrected chi connectivity index (χ3v) is 3.22. The quantitative estimate of drug-likeness (QED) is 0.579. The molecule has 1 aliphatic rings. The molecule has 0 aromatic heterocycles. The van der Waals surface area contributed by atoms with E-state index in [4.69, 9.17) is 0 Å². The van der Waals surface area contributed by atoms with Crippen molar-refractivity contribution in [3.8, 4) is 0 Å². The van der Waals surface area contributed by atoms with Crippen LogP contribution in [-0.2, 0) is 0 Å². The average Bonchev–Trinajstić information content (AvgIpc) is 2.70. The lowest BCUT2D eigenvalue weighted by Crippen LogP contribution is -2.11. The summed E-state index contributed by atoms with van der Waals surface area (Å²) in [7, 11) is 0. The van der Waals surface area contributed by atoms with Gasteiger partial charge in [0.15, 0.2) is 0 Å². The fourth-order valence-electron chi connectivity index (χ4n) is 2.09. The van der Waals surface area contributed by atoms with E-state index in [0.717, 1.165) is 23.7 Å². The fourth-order valence-corrected chi connectivity index (χ4v) is 2.09.